The first kappa shape index (κ1) is 27.0. The third-order valence-electron chi connectivity index (χ3n) is 8.13. The Morgan fingerprint density at radius 1 is 0.951 bits per heavy atom. The number of benzene rings is 3. The molecule has 2 unspecified atom stereocenters. The highest BCUT2D eigenvalue weighted by atomic mass is 32.2. The smallest absolute Gasteiger partial charge is 0.318 e. The molecule has 0 radical (unpaired) electrons. The van der Waals surface area contributed by atoms with Crippen LogP contribution in [0.5, 0.6) is 0 Å². The normalized spacial score (nSPS) is 19.1. The van der Waals surface area contributed by atoms with Gasteiger partial charge in [0.1, 0.15) is 5.92 Å². The van der Waals surface area contributed by atoms with Crippen molar-refractivity contribution in [1.29, 1.82) is 0 Å². The minimum Gasteiger partial charge on any atom is -0.450 e. The maximum atomic E-state index is 14.5. The van der Waals surface area contributed by atoms with Gasteiger partial charge in [-0.3, -0.25) is 13.9 Å². The average molecular weight is 570 g/mol. The first-order valence-electron chi connectivity index (χ1n) is 13.7. The number of carbonyl (C=O) groups is 2. The summed E-state index contributed by atoms with van der Waals surface area (Å²) in [5.74, 6) is -1.99. The fourth-order valence-corrected chi connectivity index (χ4v) is 7.01. The van der Waals surface area contributed by atoms with Crippen molar-refractivity contribution in [3.05, 3.63) is 114 Å². The van der Waals surface area contributed by atoms with Crippen molar-refractivity contribution in [1.82, 2.24) is 9.97 Å². The van der Waals surface area contributed by atoms with Crippen LogP contribution in [0.1, 0.15) is 35.4 Å². The molecule has 4 aromatic rings. The number of sulfonamides is 1. The number of nitrogens with zero attached hydrogens (tertiary/aromatic N) is 2. The number of rotatable bonds is 10. The number of ketones is 1. The zero-order valence-electron chi connectivity index (χ0n) is 22.6. The van der Waals surface area contributed by atoms with Gasteiger partial charge in [-0.1, -0.05) is 72.8 Å². The van der Waals surface area contributed by atoms with E-state index in [9.17, 15) is 18.0 Å². The quantitative estimate of drug-likeness (QED) is 0.219. The first-order valence-corrected chi connectivity index (χ1v) is 15.2. The Hall–Kier alpha value is -4.24. The number of aromatic amines is 1. The van der Waals surface area contributed by atoms with E-state index in [0.717, 1.165) is 33.8 Å². The van der Waals surface area contributed by atoms with E-state index in [1.165, 1.54) is 19.4 Å². The SMILES string of the molecule is CN(c1cccc(C(C2CC2)C2C(=O)OC(Cc3ccccc3)(Cc3ccccc3)C2=O)c1)S(=O)(=O)c1ncc[nH]1. The van der Waals surface area contributed by atoms with Gasteiger partial charge >= 0.3 is 5.97 Å². The number of Topliss-reactive ketones (excluding diaryl/α,β-unsaturated/α-hetero) is 1. The number of esters is 1. The number of anilines is 1. The molecule has 1 aliphatic carbocycles. The number of H-pyrrole nitrogens is 1. The van der Waals surface area contributed by atoms with Gasteiger partial charge in [0.25, 0.3) is 10.0 Å². The van der Waals surface area contributed by atoms with Crippen LogP contribution in [0.2, 0.25) is 0 Å². The highest BCUT2D eigenvalue weighted by molar-refractivity contribution is 7.92. The van der Waals surface area contributed by atoms with Gasteiger partial charge in [0.05, 0.1) is 5.69 Å². The van der Waals surface area contributed by atoms with Crippen molar-refractivity contribution in [2.75, 3.05) is 11.4 Å². The lowest BCUT2D eigenvalue weighted by atomic mass is 9.74. The van der Waals surface area contributed by atoms with Gasteiger partial charge < -0.3 is 9.72 Å². The molecule has 41 heavy (non-hydrogen) atoms. The third kappa shape index (κ3) is 5.17. The molecule has 0 spiro atoms. The Balaban J connectivity index is 1.36. The topological polar surface area (TPSA) is 109 Å². The summed E-state index contributed by atoms with van der Waals surface area (Å²) in [5, 5.41) is -0.162. The highest BCUT2D eigenvalue weighted by Crippen LogP contribution is 2.51. The van der Waals surface area contributed by atoms with E-state index in [-0.39, 0.29) is 29.7 Å². The molecule has 9 heteroatoms. The summed E-state index contributed by atoms with van der Waals surface area (Å²) >= 11 is 0. The van der Waals surface area contributed by atoms with Crippen LogP contribution in [0.25, 0.3) is 0 Å². The Morgan fingerprint density at radius 3 is 2.15 bits per heavy atom. The zero-order chi connectivity index (χ0) is 28.6. The van der Waals surface area contributed by atoms with Crippen molar-refractivity contribution < 1.29 is 22.7 Å². The molecule has 1 aromatic heterocycles. The van der Waals surface area contributed by atoms with E-state index < -0.39 is 33.4 Å². The molecule has 6 rings (SSSR count). The lowest BCUT2D eigenvalue weighted by Crippen LogP contribution is -2.43. The second-order valence-corrected chi connectivity index (χ2v) is 12.8. The summed E-state index contributed by atoms with van der Waals surface area (Å²) in [7, 11) is -2.45. The van der Waals surface area contributed by atoms with Crippen LogP contribution in [-0.2, 0) is 37.2 Å². The summed E-state index contributed by atoms with van der Waals surface area (Å²) in [4.78, 5) is 34.7. The molecule has 3 aromatic carbocycles. The van der Waals surface area contributed by atoms with Crippen molar-refractivity contribution >= 4 is 27.5 Å². The zero-order valence-corrected chi connectivity index (χ0v) is 23.5. The molecule has 1 aliphatic heterocycles. The Labute approximate surface area is 239 Å². The molecule has 2 heterocycles. The summed E-state index contributed by atoms with van der Waals surface area (Å²) in [6, 6.07) is 26.3. The van der Waals surface area contributed by atoms with E-state index >= 15 is 0 Å². The molecule has 1 N–H and O–H groups in total. The number of ether oxygens (including phenoxy) is 1. The van der Waals surface area contributed by atoms with E-state index in [0.29, 0.717) is 5.69 Å². The number of carbonyl (C=O) groups excluding carboxylic acids is 2. The maximum absolute atomic E-state index is 14.5. The average Bonchev–Trinajstić information content (AvgIpc) is 3.59. The van der Waals surface area contributed by atoms with Crippen LogP contribution in [0.4, 0.5) is 5.69 Å². The van der Waals surface area contributed by atoms with E-state index in [1.54, 1.807) is 18.2 Å². The number of nitrogens with one attached hydrogen (secondary N) is 1. The van der Waals surface area contributed by atoms with Crippen LogP contribution in [0.15, 0.2) is 102 Å². The highest BCUT2D eigenvalue weighted by Gasteiger charge is 2.59. The van der Waals surface area contributed by atoms with Gasteiger partial charge in [0.15, 0.2) is 11.4 Å². The maximum Gasteiger partial charge on any atom is 0.318 e. The molecular weight excluding hydrogens is 538 g/mol. The lowest BCUT2D eigenvalue weighted by Gasteiger charge is -2.28. The Bertz CT molecular complexity index is 1610. The number of hydrogen-bond acceptors (Lipinski definition) is 6. The number of hydrogen-bond donors (Lipinski definition) is 1. The molecule has 0 bridgehead atoms. The number of cyclic esters (lactones) is 1. The molecule has 2 aliphatic rings. The van der Waals surface area contributed by atoms with Crippen LogP contribution >= 0.6 is 0 Å². The summed E-state index contributed by atoms with van der Waals surface area (Å²) in [5.41, 5.74) is 1.68. The van der Waals surface area contributed by atoms with Crippen LogP contribution < -0.4 is 4.31 Å². The minimum absolute atomic E-state index is 0.128. The summed E-state index contributed by atoms with van der Waals surface area (Å²) in [6.07, 6.45) is 5.17. The van der Waals surface area contributed by atoms with Gasteiger partial charge in [-0.2, -0.15) is 8.42 Å². The van der Waals surface area contributed by atoms with Gasteiger partial charge in [-0.15, -0.1) is 0 Å². The Kier molecular flexibility index (Phi) is 6.99. The van der Waals surface area contributed by atoms with Crippen LogP contribution in [0, 0.1) is 11.8 Å². The molecule has 2 atom stereocenters. The summed E-state index contributed by atoms with van der Waals surface area (Å²) < 4.78 is 33.5. The molecule has 1 saturated carbocycles. The molecule has 2 fully saturated rings. The van der Waals surface area contributed by atoms with Crippen molar-refractivity contribution in [2.45, 2.75) is 42.4 Å². The van der Waals surface area contributed by atoms with Gasteiger partial charge in [0.2, 0.25) is 5.16 Å². The fraction of sp³-hybridized carbons (Fsp3) is 0.281. The van der Waals surface area contributed by atoms with E-state index in [2.05, 4.69) is 9.97 Å². The van der Waals surface area contributed by atoms with Gasteiger partial charge in [-0.25, -0.2) is 4.98 Å². The van der Waals surface area contributed by atoms with Crippen molar-refractivity contribution in [3.63, 3.8) is 0 Å². The van der Waals surface area contributed by atoms with Gasteiger partial charge in [-0.05, 0) is 47.6 Å². The second-order valence-electron chi connectivity index (χ2n) is 10.9. The second kappa shape index (κ2) is 10.6. The predicted molar refractivity (Wildman–Crippen MR) is 154 cm³/mol. The van der Waals surface area contributed by atoms with Crippen LogP contribution in [0.3, 0.4) is 0 Å². The van der Waals surface area contributed by atoms with Gasteiger partial charge in [0, 0.05) is 38.2 Å². The first-order chi connectivity index (χ1) is 19.8. The molecule has 8 nitrogen and oxygen atoms in total. The van der Waals surface area contributed by atoms with E-state index in [1.807, 2.05) is 66.7 Å². The fourth-order valence-electron chi connectivity index (χ4n) is 5.95. The largest absolute Gasteiger partial charge is 0.450 e. The third-order valence-corrected chi connectivity index (χ3v) is 9.78. The standard InChI is InChI=1S/C32H31N3O5S/c1-35(41(38,39)31-33-17-18-34-31)26-14-8-13-25(19-26)27(24-15-16-24)28-29(36)32(40-30(28)37,20-22-9-4-2-5-10-22)21-23-11-6-3-7-12-23/h2-14,17-19,24,27-28H,15-16,20-21H2,1H3,(H,33,34). The molecular formula is C32H31N3O5S. The molecule has 1 saturated heterocycles. The molecule has 0 amide bonds. The number of aromatic nitrogens is 2. The monoisotopic (exact) mass is 569 g/mol. The minimum atomic E-state index is -3.92. The number of imidazole rings is 1. The Morgan fingerprint density at radius 2 is 1.59 bits per heavy atom. The van der Waals surface area contributed by atoms with Crippen LogP contribution in [-0.4, -0.2) is 42.8 Å². The summed E-state index contributed by atoms with van der Waals surface area (Å²) in [6.45, 7) is 0. The van der Waals surface area contributed by atoms with Crippen molar-refractivity contribution in [2.24, 2.45) is 11.8 Å². The van der Waals surface area contributed by atoms with E-state index in [4.69, 9.17) is 4.74 Å². The lowest BCUT2D eigenvalue weighted by molar-refractivity contribution is -0.152. The molecule has 210 valence electrons. The van der Waals surface area contributed by atoms with Crippen molar-refractivity contribution in [3.8, 4) is 0 Å². The predicted octanol–water partition coefficient (Wildman–Crippen LogP) is 4.69.